The van der Waals surface area contributed by atoms with Crippen molar-refractivity contribution in [3.05, 3.63) is 0 Å². The summed E-state index contributed by atoms with van der Waals surface area (Å²) < 4.78 is 11.1. The van der Waals surface area contributed by atoms with Crippen LogP contribution in [0.4, 0.5) is 0 Å². The van der Waals surface area contributed by atoms with Gasteiger partial charge in [0.2, 0.25) is 5.91 Å². The molecule has 6 N–H and O–H groups in total. The van der Waals surface area contributed by atoms with Crippen molar-refractivity contribution in [3.63, 3.8) is 0 Å². The molecule has 1 aliphatic rings. The van der Waals surface area contributed by atoms with Crippen LogP contribution in [0.3, 0.4) is 0 Å². The van der Waals surface area contributed by atoms with E-state index in [1.807, 2.05) is 0 Å². The average Bonchev–Trinajstić information content (AvgIpc) is 2.97. The van der Waals surface area contributed by atoms with Gasteiger partial charge in [-0.05, 0) is 12.8 Å². The predicted molar refractivity (Wildman–Crippen MR) is 161 cm³/mol. The van der Waals surface area contributed by atoms with Crippen molar-refractivity contribution in [2.45, 2.75) is 185 Å². The molecule has 9 nitrogen and oxygen atoms in total. The third-order valence-electron chi connectivity index (χ3n) is 8.21. The van der Waals surface area contributed by atoms with Gasteiger partial charge in [-0.1, -0.05) is 123 Å². The average molecular weight is 590 g/mol. The second-order valence-corrected chi connectivity index (χ2v) is 12.0. The lowest BCUT2D eigenvalue weighted by Gasteiger charge is -2.40. The summed E-state index contributed by atoms with van der Waals surface area (Å²) in [6.45, 7) is 3.74. The van der Waals surface area contributed by atoms with Crippen LogP contribution in [0.25, 0.3) is 0 Å². The Bertz CT molecular complexity index is 623. The maximum absolute atomic E-state index is 12.7. The van der Waals surface area contributed by atoms with Gasteiger partial charge in [0, 0.05) is 6.42 Å². The van der Waals surface area contributed by atoms with Gasteiger partial charge >= 0.3 is 0 Å². The number of carbonyl (C=O) groups excluding carboxylic acids is 1. The molecular weight excluding hydrogens is 526 g/mol. The lowest BCUT2D eigenvalue weighted by atomic mass is 9.99. The van der Waals surface area contributed by atoms with Gasteiger partial charge in [0.1, 0.15) is 24.4 Å². The Kier molecular flexibility index (Phi) is 22.9. The summed E-state index contributed by atoms with van der Waals surface area (Å²) >= 11 is 0. The number of unbranched alkanes of at least 4 members (excludes halogenated alkanes) is 16. The SMILES string of the molecule is CCCCCCCCCCCCC(O)C(COC1OC(CO)C(O)C(O)C1O)NC(=O)CCCCCCCCCC. The summed E-state index contributed by atoms with van der Waals surface area (Å²) in [5, 5.41) is 53.7. The number of nitrogens with one attached hydrogen (secondary N) is 1. The first-order chi connectivity index (χ1) is 19.8. The van der Waals surface area contributed by atoms with Crippen molar-refractivity contribution >= 4 is 5.91 Å². The molecule has 0 bridgehead atoms. The molecule has 9 heteroatoms. The number of rotatable bonds is 26. The zero-order chi connectivity index (χ0) is 30.3. The van der Waals surface area contributed by atoms with Crippen molar-refractivity contribution in [2.24, 2.45) is 0 Å². The van der Waals surface area contributed by atoms with E-state index in [0.717, 1.165) is 38.5 Å². The first-order valence-corrected chi connectivity index (χ1v) is 16.7. The Labute approximate surface area is 249 Å². The zero-order valence-corrected chi connectivity index (χ0v) is 26.1. The number of hydrogen-bond acceptors (Lipinski definition) is 8. The molecule has 0 aromatic carbocycles. The van der Waals surface area contributed by atoms with Gasteiger partial charge in [-0.2, -0.15) is 0 Å². The van der Waals surface area contributed by atoms with Crippen molar-refractivity contribution in [1.29, 1.82) is 0 Å². The number of amides is 1. The Morgan fingerprint density at radius 1 is 0.732 bits per heavy atom. The van der Waals surface area contributed by atoms with Crippen LogP contribution in [0.1, 0.15) is 142 Å². The highest BCUT2D eigenvalue weighted by Gasteiger charge is 2.44. The minimum Gasteiger partial charge on any atom is -0.394 e. The summed E-state index contributed by atoms with van der Waals surface area (Å²) in [4.78, 5) is 12.7. The predicted octanol–water partition coefficient (Wildman–Crippen LogP) is 4.49. The minimum atomic E-state index is -1.54. The Hall–Kier alpha value is -0.810. The summed E-state index contributed by atoms with van der Waals surface area (Å²) in [7, 11) is 0. The molecule has 41 heavy (non-hydrogen) atoms. The molecule has 0 radical (unpaired) electrons. The van der Waals surface area contributed by atoms with Crippen LogP contribution in [0.2, 0.25) is 0 Å². The lowest BCUT2D eigenvalue weighted by Crippen LogP contribution is -2.60. The van der Waals surface area contributed by atoms with Crippen LogP contribution >= 0.6 is 0 Å². The fourth-order valence-corrected chi connectivity index (χ4v) is 5.39. The van der Waals surface area contributed by atoms with Crippen molar-refractivity contribution in [1.82, 2.24) is 5.32 Å². The summed E-state index contributed by atoms with van der Waals surface area (Å²) in [6, 6.07) is -0.706. The van der Waals surface area contributed by atoms with E-state index in [9.17, 15) is 30.3 Å². The molecular formula is C32H63NO8. The standard InChI is InChI=1S/C32H63NO8/c1-3-5-7-9-11-13-14-15-17-19-21-26(35)25(33-28(36)22-20-18-16-12-10-8-6-4-2)24-40-32-31(39)30(38)29(37)27(23-34)41-32/h25-27,29-32,34-35,37-39H,3-24H2,1-2H3,(H,33,36). The molecule has 1 heterocycles. The van der Waals surface area contributed by atoms with Gasteiger partial charge < -0.3 is 40.3 Å². The largest absolute Gasteiger partial charge is 0.394 e. The molecule has 7 atom stereocenters. The fourth-order valence-electron chi connectivity index (χ4n) is 5.39. The number of aliphatic hydroxyl groups is 5. The Morgan fingerprint density at radius 2 is 1.22 bits per heavy atom. The summed E-state index contributed by atoms with van der Waals surface area (Å²) in [5.74, 6) is -0.152. The molecule has 1 fully saturated rings. The molecule has 7 unspecified atom stereocenters. The van der Waals surface area contributed by atoms with E-state index < -0.39 is 49.5 Å². The van der Waals surface area contributed by atoms with Crippen LogP contribution in [0.5, 0.6) is 0 Å². The van der Waals surface area contributed by atoms with Crippen molar-refractivity contribution in [2.75, 3.05) is 13.2 Å². The van der Waals surface area contributed by atoms with Gasteiger partial charge in [0.05, 0.1) is 25.4 Å². The maximum atomic E-state index is 12.7. The monoisotopic (exact) mass is 589 g/mol. The topological polar surface area (TPSA) is 149 Å². The smallest absolute Gasteiger partial charge is 0.220 e. The number of ether oxygens (including phenoxy) is 2. The van der Waals surface area contributed by atoms with E-state index in [1.165, 1.54) is 77.0 Å². The van der Waals surface area contributed by atoms with Gasteiger partial charge in [-0.3, -0.25) is 4.79 Å². The van der Waals surface area contributed by atoms with E-state index in [1.54, 1.807) is 0 Å². The van der Waals surface area contributed by atoms with Gasteiger partial charge in [0.15, 0.2) is 6.29 Å². The van der Waals surface area contributed by atoms with E-state index in [4.69, 9.17) is 9.47 Å². The highest BCUT2D eigenvalue weighted by Crippen LogP contribution is 2.23. The van der Waals surface area contributed by atoms with Gasteiger partial charge in [-0.25, -0.2) is 0 Å². The summed E-state index contributed by atoms with van der Waals surface area (Å²) in [5.41, 5.74) is 0. The van der Waals surface area contributed by atoms with Crippen LogP contribution in [0, 0.1) is 0 Å². The Morgan fingerprint density at radius 3 is 1.73 bits per heavy atom. The first kappa shape index (κ1) is 38.2. The van der Waals surface area contributed by atoms with E-state index in [0.29, 0.717) is 12.8 Å². The fraction of sp³-hybridized carbons (Fsp3) is 0.969. The normalized spacial score (nSPS) is 24.3. The summed E-state index contributed by atoms with van der Waals surface area (Å²) in [6.07, 6.45) is 14.1. The van der Waals surface area contributed by atoms with Crippen LogP contribution in [0.15, 0.2) is 0 Å². The molecule has 0 aliphatic carbocycles. The number of hydrogen-bond donors (Lipinski definition) is 6. The van der Waals surface area contributed by atoms with E-state index in [2.05, 4.69) is 19.2 Å². The highest BCUT2D eigenvalue weighted by atomic mass is 16.7. The van der Waals surface area contributed by atoms with E-state index in [-0.39, 0.29) is 12.5 Å². The maximum Gasteiger partial charge on any atom is 0.220 e. The minimum absolute atomic E-state index is 0.134. The molecule has 1 amide bonds. The second kappa shape index (κ2) is 24.6. The van der Waals surface area contributed by atoms with Crippen molar-refractivity contribution in [3.8, 4) is 0 Å². The second-order valence-electron chi connectivity index (χ2n) is 12.0. The van der Waals surface area contributed by atoms with E-state index >= 15 is 0 Å². The lowest BCUT2D eigenvalue weighted by molar-refractivity contribution is -0.302. The quantitative estimate of drug-likeness (QED) is 0.0809. The third-order valence-corrected chi connectivity index (χ3v) is 8.21. The molecule has 1 aliphatic heterocycles. The molecule has 0 saturated carbocycles. The molecule has 0 aromatic rings. The first-order valence-electron chi connectivity index (χ1n) is 16.7. The Balaban J connectivity index is 2.50. The van der Waals surface area contributed by atoms with Gasteiger partial charge in [0.25, 0.3) is 0 Å². The molecule has 0 spiro atoms. The van der Waals surface area contributed by atoms with Crippen LogP contribution in [-0.2, 0) is 14.3 Å². The van der Waals surface area contributed by atoms with Crippen LogP contribution < -0.4 is 5.32 Å². The molecule has 0 aromatic heterocycles. The molecule has 1 saturated heterocycles. The van der Waals surface area contributed by atoms with Gasteiger partial charge in [-0.15, -0.1) is 0 Å². The highest BCUT2D eigenvalue weighted by molar-refractivity contribution is 5.76. The van der Waals surface area contributed by atoms with Crippen molar-refractivity contribution < 1.29 is 39.8 Å². The molecule has 244 valence electrons. The zero-order valence-electron chi connectivity index (χ0n) is 26.1. The molecule has 1 rings (SSSR count). The number of aliphatic hydroxyl groups excluding tert-OH is 5. The number of carbonyl (C=O) groups is 1. The van der Waals surface area contributed by atoms with Crippen LogP contribution in [-0.4, -0.2) is 87.5 Å². The third kappa shape index (κ3) is 17.2.